The lowest BCUT2D eigenvalue weighted by Crippen LogP contribution is -2.14. The molecule has 0 unspecified atom stereocenters. The van der Waals surface area contributed by atoms with Crippen LogP contribution in [-0.4, -0.2) is 13.4 Å². The maximum absolute atomic E-state index is 13.4. The van der Waals surface area contributed by atoms with E-state index >= 15 is 0 Å². The Kier molecular flexibility index (Phi) is 3.61. The second-order valence-corrected chi connectivity index (χ2v) is 6.69. The second kappa shape index (κ2) is 4.94. The summed E-state index contributed by atoms with van der Waals surface area (Å²) in [5.41, 5.74) is 4.65. The van der Waals surface area contributed by atoms with Crippen molar-refractivity contribution in [2.75, 3.05) is 10.5 Å². The van der Waals surface area contributed by atoms with Crippen molar-refractivity contribution in [2.45, 2.75) is 11.1 Å². The molecule has 0 saturated heterocycles. The topological polar surface area (TPSA) is 85.1 Å². The fraction of sp³-hybridized carbons (Fsp3) is 0.100. The van der Waals surface area contributed by atoms with E-state index < -0.39 is 33.2 Å². The van der Waals surface area contributed by atoms with Crippen LogP contribution in [0.25, 0.3) is 0 Å². The van der Waals surface area contributed by atoms with Crippen molar-refractivity contribution in [3.63, 3.8) is 0 Å². The summed E-state index contributed by atoms with van der Waals surface area (Å²) < 4.78 is 65.0. The van der Waals surface area contributed by atoms with Crippen LogP contribution in [-0.2, 0) is 10.0 Å². The van der Waals surface area contributed by atoms with Crippen molar-refractivity contribution in [3.05, 3.63) is 35.3 Å². The van der Waals surface area contributed by atoms with Gasteiger partial charge in [0.2, 0.25) is 0 Å². The van der Waals surface area contributed by atoms with Crippen LogP contribution in [0.2, 0.25) is 0 Å². The molecule has 0 radical (unpaired) electrons. The van der Waals surface area contributed by atoms with E-state index in [0.717, 1.165) is 0 Å². The highest BCUT2D eigenvalue weighted by molar-refractivity contribution is 7.94. The van der Waals surface area contributed by atoms with Gasteiger partial charge in [-0.2, -0.15) is 0 Å². The van der Waals surface area contributed by atoms with E-state index in [4.69, 9.17) is 5.73 Å². The van der Waals surface area contributed by atoms with Gasteiger partial charge in [0.1, 0.15) is 5.82 Å². The average molecular weight is 323 g/mol. The predicted molar refractivity (Wildman–Crippen MR) is 68.4 cm³/mol. The standard InChI is InChI=1S/C10H8F3N3O2S2/c1-4-9(19-10(14)15-4)20(17,18)16-7-3-5(11)2-6(12)8(7)13/h2-3,16H,1H3,(H2,14,15). The number of nitrogens with zero attached hydrogens (tertiary/aromatic N) is 1. The molecule has 0 spiro atoms. The Morgan fingerprint density at radius 3 is 2.50 bits per heavy atom. The van der Waals surface area contributed by atoms with Crippen LogP contribution in [0, 0.1) is 24.4 Å². The number of nitrogens with two attached hydrogens (primary N) is 1. The number of nitrogens with one attached hydrogen (secondary N) is 1. The van der Waals surface area contributed by atoms with Gasteiger partial charge in [-0.3, -0.25) is 4.72 Å². The Morgan fingerprint density at radius 2 is 1.95 bits per heavy atom. The highest BCUT2D eigenvalue weighted by Crippen LogP contribution is 2.28. The minimum Gasteiger partial charge on any atom is -0.375 e. The van der Waals surface area contributed by atoms with Gasteiger partial charge < -0.3 is 5.73 Å². The molecule has 1 aromatic heterocycles. The predicted octanol–water partition coefficient (Wildman–Crippen LogP) is 2.25. The normalized spacial score (nSPS) is 11.6. The van der Waals surface area contributed by atoms with Gasteiger partial charge >= 0.3 is 0 Å². The third-order valence-corrected chi connectivity index (χ3v) is 5.21. The van der Waals surface area contributed by atoms with Gasteiger partial charge in [0, 0.05) is 12.1 Å². The molecule has 1 heterocycles. The number of sulfonamides is 1. The summed E-state index contributed by atoms with van der Waals surface area (Å²) in [5.74, 6) is -4.10. The van der Waals surface area contributed by atoms with Crippen LogP contribution in [0.15, 0.2) is 16.3 Å². The minimum absolute atomic E-state index is 0.00812. The summed E-state index contributed by atoms with van der Waals surface area (Å²) >= 11 is 0.661. The van der Waals surface area contributed by atoms with Crippen LogP contribution in [0.3, 0.4) is 0 Å². The number of anilines is 2. The SMILES string of the molecule is Cc1nc(N)sc1S(=O)(=O)Nc1cc(F)cc(F)c1F. The van der Waals surface area contributed by atoms with E-state index in [1.165, 1.54) is 6.92 Å². The van der Waals surface area contributed by atoms with Crippen molar-refractivity contribution in [2.24, 2.45) is 0 Å². The molecule has 0 amide bonds. The van der Waals surface area contributed by atoms with Gasteiger partial charge in [-0.25, -0.2) is 26.6 Å². The number of thiazole rings is 1. The summed E-state index contributed by atoms with van der Waals surface area (Å²) in [5, 5.41) is 0.00812. The summed E-state index contributed by atoms with van der Waals surface area (Å²) in [7, 11) is -4.23. The van der Waals surface area contributed by atoms with Gasteiger partial charge in [-0.05, 0) is 6.92 Å². The quantitative estimate of drug-likeness (QED) is 0.849. The molecular formula is C10H8F3N3O2S2. The van der Waals surface area contributed by atoms with Crippen molar-refractivity contribution >= 4 is 32.2 Å². The third-order valence-electron chi connectivity index (χ3n) is 2.25. The van der Waals surface area contributed by atoms with E-state index in [-0.39, 0.29) is 15.0 Å². The fourth-order valence-corrected chi connectivity index (χ4v) is 3.82. The smallest absolute Gasteiger partial charge is 0.273 e. The number of nitrogen functional groups attached to an aromatic ring is 1. The molecule has 0 atom stereocenters. The molecule has 0 saturated carbocycles. The summed E-state index contributed by atoms with van der Waals surface area (Å²) in [4.78, 5) is 3.71. The summed E-state index contributed by atoms with van der Waals surface area (Å²) in [6.45, 7) is 1.39. The maximum Gasteiger partial charge on any atom is 0.273 e. The second-order valence-electron chi connectivity index (χ2n) is 3.78. The molecule has 1 aromatic carbocycles. The van der Waals surface area contributed by atoms with E-state index in [0.29, 0.717) is 23.5 Å². The maximum atomic E-state index is 13.4. The molecule has 3 N–H and O–H groups in total. The monoisotopic (exact) mass is 323 g/mol. The van der Waals surface area contributed by atoms with Crippen LogP contribution >= 0.6 is 11.3 Å². The lowest BCUT2D eigenvalue weighted by Gasteiger charge is -2.08. The first-order valence-electron chi connectivity index (χ1n) is 5.11. The van der Waals surface area contributed by atoms with Crippen LogP contribution < -0.4 is 10.5 Å². The minimum atomic E-state index is -4.23. The largest absolute Gasteiger partial charge is 0.375 e. The van der Waals surface area contributed by atoms with Gasteiger partial charge in [0.05, 0.1) is 11.4 Å². The van der Waals surface area contributed by atoms with Crippen molar-refractivity contribution in [1.82, 2.24) is 4.98 Å². The highest BCUT2D eigenvalue weighted by atomic mass is 32.2. The Hall–Kier alpha value is -1.81. The Balaban J connectivity index is 2.46. The van der Waals surface area contributed by atoms with E-state index in [9.17, 15) is 21.6 Å². The Labute approximate surface area is 116 Å². The van der Waals surface area contributed by atoms with Crippen LogP contribution in [0.1, 0.15) is 5.69 Å². The van der Waals surface area contributed by atoms with Gasteiger partial charge in [-0.1, -0.05) is 11.3 Å². The molecule has 0 aliphatic carbocycles. The number of hydrogen-bond acceptors (Lipinski definition) is 5. The zero-order chi connectivity index (χ0) is 15.1. The Morgan fingerprint density at radius 1 is 1.30 bits per heavy atom. The number of hydrogen-bond donors (Lipinski definition) is 2. The van der Waals surface area contributed by atoms with Crippen LogP contribution in [0.4, 0.5) is 24.0 Å². The highest BCUT2D eigenvalue weighted by Gasteiger charge is 2.24. The number of aromatic nitrogens is 1. The molecule has 0 fully saturated rings. The zero-order valence-corrected chi connectivity index (χ0v) is 11.6. The van der Waals surface area contributed by atoms with Gasteiger partial charge in [0.15, 0.2) is 21.0 Å². The first-order chi connectivity index (χ1) is 9.20. The van der Waals surface area contributed by atoms with Crippen molar-refractivity contribution in [1.29, 1.82) is 0 Å². The molecule has 2 aromatic rings. The number of aryl methyl sites for hydroxylation is 1. The Bertz CT molecular complexity index is 774. The fourth-order valence-electron chi connectivity index (χ4n) is 1.47. The molecule has 10 heteroatoms. The number of rotatable bonds is 3. The van der Waals surface area contributed by atoms with E-state index in [1.54, 1.807) is 4.72 Å². The molecule has 0 bridgehead atoms. The number of halogens is 3. The van der Waals surface area contributed by atoms with E-state index in [1.807, 2.05) is 0 Å². The molecule has 2 rings (SSSR count). The first-order valence-corrected chi connectivity index (χ1v) is 7.41. The van der Waals surface area contributed by atoms with Gasteiger partial charge in [-0.15, -0.1) is 0 Å². The van der Waals surface area contributed by atoms with E-state index in [2.05, 4.69) is 4.98 Å². The van der Waals surface area contributed by atoms with Crippen LogP contribution in [0.5, 0.6) is 0 Å². The molecule has 0 aliphatic rings. The summed E-state index contributed by atoms with van der Waals surface area (Å²) in [6.07, 6.45) is 0. The molecule has 5 nitrogen and oxygen atoms in total. The summed E-state index contributed by atoms with van der Waals surface area (Å²) in [6, 6.07) is 0.846. The van der Waals surface area contributed by atoms with Gasteiger partial charge in [0.25, 0.3) is 10.0 Å². The molecule has 0 aliphatic heterocycles. The third kappa shape index (κ3) is 2.70. The first kappa shape index (κ1) is 14.6. The molecular weight excluding hydrogens is 315 g/mol. The lowest BCUT2D eigenvalue weighted by atomic mass is 10.3. The molecule has 108 valence electrons. The van der Waals surface area contributed by atoms with Crippen molar-refractivity contribution < 1.29 is 21.6 Å². The molecule has 20 heavy (non-hydrogen) atoms. The van der Waals surface area contributed by atoms with Crippen molar-refractivity contribution in [3.8, 4) is 0 Å². The number of benzene rings is 1. The lowest BCUT2D eigenvalue weighted by molar-refractivity contribution is 0.498. The average Bonchev–Trinajstić information content (AvgIpc) is 2.65. The zero-order valence-electron chi connectivity index (χ0n) is 9.95.